The van der Waals surface area contributed by atoms with Crippen molar-refractivity contribution in [3.63, 3.8) is 0 Å². The highest BCUT2D eigenvalue weighted by molar-refractivity contribution is 6.06. The van der Waals surface area contributed by atoms with Gasteiger partial charge in [-0.05, 0) is 58.3 Å². The predicted molar refractivity (Wildman–Crippen MR) is 125 cm³/mol. The highest BCUT2D eigenvalue weighted by Crippen LogP contribution is 2.30. The standard InChI is InChI=1S/C24H30N6O2/c1-3-32-21-12-18(29-11-8-19(15-29)28-9-4-5-10-28)6-7-20(21)24(31)27-22-16-30-14-17(2)26-23(30)13-25-22/h6-7,12-14,16,19H,3-5,8-11,15H2,1-2H3,(H,27,31)/t19-/m1/s1. The van der Waals surface area contributed by atoms with Crippen molar-refractivity contribution in [3.8, 4) is 5.75 Å². The third-order valence-electron chi connectivity index (χ3n) is 6.40. The summed E-state index contributed by atoms with van der Waals surface area (Å²) >= 11 is 0. The summed E-state index contributed by atoms with van der Waals surface area (Å²) in [7, 11) is 0. The van der Waals surface area contributed by atoms with Gasteiger partial charge in [0.2, 0.25) is 0 Å². The SMILES string of the molecule is CCOc1cc(N2CC[C@@H](N3CCCC3)C2)ccc1C(=O)Nc1cn2cc(C)nc2cn1. The number of aromatic nitrogens is 3. The van der Waals surface area contributed by atoms with E-state index >= 15 is 0 Å². The van der Waals surface area contributed by atoms with Crippen molar-refractivity contribution < 1.29 is 9.53 Å². The summed E-state index contributed by atoms with van der Waals surface area (Å²) in [4.78, 5) is 26.7. The monoisotopic (exact) mass is 434 g/mol. The molecule has 3 aromatic rings. The van der Waals surface area contributed by atoms with Crippen LogP contribution in [0, 0.1) is 6.92 Å². The number of fused-ring (bicyclic) bond motifs is 1. The topological polar surface area (TPSA) is 75.0 Å². The molecule has 1 amide bonds. The number of likely N-dealkylation sites (tertiary alicyclic amines) is 1. The molecule has 2 fully saturated rings. The Morgan fingerprint density at radius 2 is 2.06 bits per heavy atom. The molecule has 32 heavy (non-hydrogen) atoms. The van der Waals surface area contributed by atoms with Crippen molar-refractivity contribution in [2.75, 3.05) is 43.0 Å². The highest BCUT2D eigenvalue weighted by Gasteiger charge is 2.30. The summed E-state index contributed by atoms with van der Waals surface area (Å²) in [5, 5.41) is 2.89. The van der Waals surface area contributed by atoms with Crippen LogP contribution in [0.3, 0.4) is 0 Å². The minimum atomic E-state index is -0.236. The Kier molecular flexibility index (Phi) is 5.70. The first-order valence-corrected chi connectivity index (χ1v) is 11.5. The summed E-state index contributed by atoms with van der Waals surface area (Å²) in [6.45, 7) is 8.87. The van der Waals surface area contributed by atoms with Crippen LogP contribution < -0.4 is 15.0 Å². The number of carbonyl (C=O) groups is 1. The van der Waals surface area contributed by atoms with Crippen LogP contribution in [0.1, 0.15) is 42.2 Å². The third kappa shape index (κ3) is 4.14. The summed E-state index contributed by atoms with van der Waals surface area (Å²) in [6, 6.07) is 6.52. The number of imidazole rings is 1. The lowest BCUT2D eigenvalue weighted by Crippen LogP contribution is -2.35. The molecule has 2 aromatic heterocycles. The van der Waals surface area contributed by atoms with E-state index in [0.29, 0.717) is 29.8 Å². The molecule has 0 aliphatic carbocycles. The van der Waals surface area contributed by atoms with Gasteiger partial charge in [-0.2, -0.15) is 0 Å². The molecule has 4 heterocycles. The van der Waals surface area contributed by atoms with Crippen molar-refractivity contribution in [2.45, 2.75) is 39.2 Å². The van der Waals surface area contributed by atoms with Gasteiger partial charge in [-0.3, -0.25) is 9.69 Å². The number of carbonyl (C=O) groups excluding carboxylic acids is 1. The molecule has 2 aliphatic heterocycles. The maximum Gasteiger partial charge on any atom is 0.260 e. The van der Waals surface area contributed by atoms with Crippen LogP contribution in [0.15, 0.2) is 36.8 Å². The van der Waals surface area contributed by atoms with Crippen LogP contribution in [0.5, 0.6) is 5.75 Å². The molecule has 8 nitrogen and oxygen atoms in total. The number of hydrogen-bond donors (Lipinski definition) is 1. The number of rotatable bonds is 6. The van der Waals surface area contributed by atoms with Gasteiger partial charge in [-0.25, -0.2) is 9.97 Å². The van der Waals surface area contributed by atoms with Gasteiger partial charge < -0.3 is 19.4 Å². The van der Waals surface area contributed by atoms with Crippen LogP contribution in [-0.4, -0.2) is 64.0 Å². The minimum absolute atomic E-state index is 0.236. The first kappa shape index (κ1) is 20.8. The van der Waals surface area contributed by atoms with E-state index < -0.39 is 0 Å². The zero-order valence-corrected chi connectivity index (χ0v) is 18.8. The Morgan fingerprint density at radius 3 is 2.88 bits per heavy atom. The number of aryl methyl sites for hydroxylation is 1. The fourth-order valence-electron chi connectivity index (χ4n) is 4.83. The number of anilines is 2. The molecule has 0 bridgehead atoms. The summed E-state index contributed by atoms with van der Waals surface area (Å²) in [6.07, 6.45) is 9.14. The zero-order chi connectivity index (χ0) is 22.1. The Labute approximate surface area is 188 Å². The van der Waals surface area contributed by atoms with Gasteiger partial charge in [0.1, 0.15) is 11.6 Å². The lowest BCUT2D eigenvalue weighted by molar-refractivity contribution is 0.102. The lowest BCUT2D eigenvalue weighted by Gasteiger charge is -2.25. The smallest absolute Gasteiger partial charge is 0.260 e. The average Bonchev–Trinajstić information content (AvgIpc) is 3.53. The van der Waals surface area contributed by atoms with Gasteiger partial charge in [-0.1, -0.05) is 0 Å². The fraction of sp³-hybridized carbons (Fsp3) is 0.458. The lowest BCUT2D eigenvalue weighted by atomic mass is 10.1. The first-order chi connectivity index (χ1) is 15.6. The van der Waals surface area contributed by atoms with Gasteiger partial charge in [-0.15, -0.1) is 0 Å². The molecule has 1 atom stereocenters. The number of ether oxygens (including phenoxy) is 1. The molecule has 0 saturated carbocycles. The average molecular weight is 435 g/mol. The number of nitrogens with zero attached hydrogens (tertiary/aromatic N) is 5. The number of amides is 1. The van der Waals surface area contributed by atoms with Crippen LogP contribution in [0.25, 0.3) is 5.65 Å². The van der Waals surface area contributed by atoms with Gasteiger partial charge in [0.15, 0.2) is 5.65 Å². The van der Waals surface area contributed by atoms with Gasteiger partial charge in [0.25, 0.3) is 5.91 Å². The second-order valence-electron chi connectivity index (χ2n) is 8.62. The maximum atomic E-state index is 13.0. The molecule has 0 spiro atoms. The normalized spacial score (nSPS) is 19.1. The van der Waals surface area contributed by atoms with Crippen molar-refractivity contribution >= 4 is 23.1 Å². The maximum absolute atomic E-state index is 13.0. The van der Waals surface area contributed by atoms with Gasteiger partial charge in [0.05, 0.1) is 30.3 Å². The Morgan fingerprint density at radius 1 is 1.22 bits per heavy atom. The van der Waals surface area contributed by atoms with E-state index in [-0.39, 0.29) is 5.91 Å². The Balaban J connectivity index is 1.33. The second kappa shape index (κ2) is 8.78. The van der Waals surface area contributed by atoms with E-state index in [1.165, 1.54) is 32.4 Å². The Bertz CT molecular complexity index is 1120. The summed E-state index contributed by atoms with van der Waals surface area (Å²) in [5.41, 5.74) is 3.27. The van der Waals surface area contributed by atoms with Crippen molar-refractivity contribution in [1.29, 1.82) is 0 Å². The quantitative estimate of drug-likeness (QED) is 0.641. The minimum Gasteiger partial charge on any atom is -0.493 e. The van der Waals surface area contributed by atoms with E-state index in [2.05, 4.69) is 25.1 Å². The molecular formula is C24H30N6O2. The molecule has 0 radical (unpaired) electrons. The van der Waals surface area contributed by atoms with Crippen LogP contribution >= 0.6 is 0 Å². The molecule has 0 unspecified atom stereocenters. The first-order valence-electron chi connectivity index (χ1n) is 11.5. The molecule has 1 aromatic carbocycles. The van der Waals surface area contributed by atoms with E-state index in [4.69, 9.17) is 4.74 Å². The summed E-state index contributed by atoms with van der Waals surface area (Å²) < 4.78 is 7.72. The highest BCUT2D eigenvalue weighted by atomic mass is 16.5. The molecule has 5 rings (SSSR count). The third-order valence-corrected chi connectivity index (χ3v) is 6.40. The largest absolute Gasteiger partial charge is 0.493 e. The molecule has 1 N–H and O–H groups in total. The zero-order valence-electron chi connectivity index (χ0n) is 18.8. The number of nitrogens with one attached hydrogen (secondary N) is 1. The summed E-state index contributed by atoms with van der Waals surface area (Å²) in [5.74, 6) is 0.839. The molecule has 168 valence electrons. The van der Waals surface area contributed by atoms with E-state index in [9.17, 15) is 4.79 Å². The van der Waals surface area contributed by atoms with Gasteiger partial charge >= 0.3 is 0 Å². The number of hydrogen-bond acceptors (Lipinski definition) is 6. The van der Waals surface area contributed by atoms with E-state index in [1.54, 1.807) is 12.4 Å². The van der Waals surface area contributed by atoms with Crippen LogP contribution in [0.2, 0.25) is 0 Å². The van der Waals surface area contributed by atoms with Crippen molar-refractivity contribution in [3.05, 3.63) is 48.0 Å². The second-order valence-corrected chi connectivity index (χ2v) is 8.62. The van der Waals surface area contributed by atoms with E-state index in [0.717, 1.165) is 30.1 Å². The Hall–Kier alpha value is -3.13. The van der Waals surface area contributed by atoms with Gasteiger partial charge in [0, 0.05) is 37.1 Å². The van der Waals surface area contributed by atoms with Crippen LogP contribution in [0.4, 0.5) is 11.5 Å². The predicted octanol–water partition coefficient (Wildman–Crippen LogP) is 3.36. The van der Waals surface area contributed by atoms with E-state index in [1.807, 2.05) is 42.6 Å². The number of benzene rings is 1. The van der Waals surface area contributed by atoms with Crippen molar-refractivity contribution in [1.82, 2.24) is 19.3 Å². The van der Waals surface area contributed by atoms with Crippen LogP contribution in [-0.2, 0) is 0 Å². The fourth-order valence-corrected chi connectivity index (χ4v) is 4.83. The molecule has 2 aliphatic rings. The molecule has 8 heteroatoms. The molecule has 2 saturated heterocycles. The van der Waals surface area contributed by atoms with Crippen molar-refractivity contribution in [2.24, 2.45) is 0 Å². The molecular weight excluding hydrogens is 404 g/mol.